The Morgan fingerprint density at radius 2 is 2.00 bits per heavy atom. The van der Waals surface area contributed by atoms with Gasteiger partial charge in [-0.05, 0) is 56.7 Å². The molecule has 0 spiro atoms. The summed E-state index contributed by atoms with van der Waals surface area (Å²) >= 11 is 0. The fraction of sp³-hybridized carbons (Fsp3) is 0.273. The van der Waals surface area contributed by atoms with Gasteiger partial charge >= 0.3 is 0 Å². The molecule has 0 N–H and O–H groups in total. The van der Waals surface area contributed by atoms with Gasteiger partial charge in [-0.2, -0.15) is 5.26 Å². The molecule has 3 aromatic rings. The van der Waals surface area contributed by atoms with Crippen molar-refractivity contribution in [2.45, 2.75) is 26.9 Å². The van der Waals surface area contributed by atoms with Crippen molar-refractivity contribution < 1.29 is 9.47 Å². The zero-order chi connectivity index (χ0) is 19.4. The van der Waals surface area contributed by atoms with E-state index >= 15 is 0 Å². The number of rotatable bonds is 6. The van der Waals surface area contributed by atoms with Crippen molar-refractivity contribution >= 4 is 22.7 Å². The predicted octanol–water partition coefficient (Wildman–Crippen LogP) is 4.82. The fourth-order valence-corrected chi connectivity index (χ4v) is 2.93. The minimum atomic E-state index is 0.0558. The maximum Gasteiger partial charge on any atom is 0.161 e. The lowest BCUT2D eigenvalue weighted by atomic mass is 10.1. The molecule has 0 aliphatic rings. The summed E-state index contributed by atoms with van der Waals surface area (Å²) < 4.78 is 13.4. The molecule has 0 bridgehead atoms. The molecule has 0 aliphatic carbocycles. The lowest BCUT2D eigenvalue weighted by Gasteiger charge is -2.15. The summed E-state index contributed by atoms with van der Waals surface area (Å²) in [5.74, 6) is 2.01. The minimum absolute atomic E-state index is 0.0558. The summed E-state index contributed by atoms with van der Waals surface area (Å²) in [5.41, 5.74) is 3.21. The quantitative estimate of drug-likeness (QED) is 0.590. The van der Waals surface area contributed by atoms with E-state index in [-0.39, 0.29) is 6.10 Å². The van der Waals surface area contributed by atoms with Crippen molar-refractivity contribution in [1.82, 2.24) is 9.55 Å². The number of benzene rings is 2. The summed E-state index contributed by atoms with van der Waals surface area (Å²) in [7, 11) is 1.92. The van der Waals surface area contributed by atoms with E-state index in [0.717, 1.165) is 16.6 Å². The van der Waals surface area contributed by atoms with Crippen molar-refractivity contribution in [2.24, 2.45) is 7.05 Å². The van der Waals surface area contributed by atoms with E-state index in [0.29, 0.717) is 29.5 Å². The molecule has 1 aromatic heterocycles. The average Bonchev–Trinajstić information content (AvgIpc) is 2.98. The van der Waals surface area contributed by atoms with Crippen molar-refractivity contribution in [3.05, 3.63) is 53.9 Å². The number of nitriles is 1. The van der Waals surface area contributed by atoms with Crippen LogP contribution in [0.4, 0.5) is 0 Å². The number of fused-ring (bicyclic) bond motifs is 1. The Morgan fingerprint density at radius 3 is 2.67 bits per heavy atom. The van der Waals surface area contributed by atoms with Crippen LogP contribution in [-0.2, 0) is 7.05 Å². The highest BCUT2D eigenvalue weighted by molar-refractivity contribution is 5.91. The molecule has 5 heteroatoms. The van der Waals surface area contributed by atoms with Gasteiger partial charge in [0.25, 0.3) is 0 Å². The van der Waals surface area contributed by atoms with Gasteiger partial charge in [0.2, 0.25) is 0 Å². The lowest BCUT2D eigenvalue weighted by Crippen LogP contribution is -2.07. The van der Waals surface area contributed by atoms with Gasteiger partial charge in [0, 0.05) is 7.05 Å². The topological polar surface area (TPSA) is 60.1 Å². The van der Waals surface area contributed by atoms with E-state index in [9.17, 15) is 5.26 Å². The molecule has 0 radical (unpaired) electrons. The highest BCUT2D eigenvalue weighted by Crippen LogP contribution is 2.31. The molecule has 0 aliphatic heterocycles. The van der Waals surface area contributed by atoms with E-state index in [1.807, 2.05) is 80.9 Å². The Morgan fingerprint density at radius 1 is 1.22 bits per heavy atom. The molecule has 2 aromatic carbocycles. The third-order valence-corrected chi connectivity index (χ3v) is 4.09. The van der Waals surface area contributed by atoms with Crippen LogP contribution in [0, 0.1) is 11.3 Å². The van der Waals surface area contributed by atoms with Crippen LogP contribution in [0.5, 0.6) is 11.5 Å². The van der Waals surface area contributed by atoms with E-state index in [4.69, 9.17) is 9.47 Å². The summed E-state index contributed by atoms with van der Waals surface area (Å²) in [6.07, 6.45) is 1.88. The van der Waals surface area contributed by atoms with Gasteiger partial charge in [-0.1, -0.05) is 18.2 Å². The maximum atomic E-state index is 9.71. The van der Waals surface area contributed by atoms with Gasteiger partial charge in [-0.15, -0.1) is 0 Å². The van der Waals surface area contributed by atoms with Crippen LogP contribution in [0.15, 0.2) is 42.5 Å². The van der Waals surface area contributed by atoms with Crippen LogP contribution in [0.25, 0.3) is 22.7 Å². The molecule has 5 nitrogen and oxygen atoms in total. The molecule has 0 saturated carbocycles. The second-order valence-corrected chi connectivity index (χ2v) is 6.46. The number of imidazole rings is 1. The van der Waals surface area contributed by atoms with Crippen LogP contribution in [0.2, 0.25) is 0 Å². The van der Waals surface area contributed by atoms with Gasteiger partial charge in [0.15, 0.2) is 17.3 Å². The highest BCUT2D eigenvalue weighted by Gasteiger charge is 2.13. The van der Waals surface area contributed by atoms with Crippen molar-refractivity contribution in [3.8, 4) is 17.6 Å². The minimum Gasteiger partial charge on any atom is -0.490 e. The lowest BCUT2D eigenvalue weighted by molar-refractivity contribution is 0.224. The number of aryl methyl sites for hydroxylation is 1. The SMILES string of the molecule is CCOc1cc(/C=C(/C#N)c2nc3ccccc3n2C)ccc1OC(C)C. The van der Waals surface area contributed by atoms with E-state index in [2.05, 4.69) is 11.1 Å². The van der Waals surface area contributed by atoms with Crippen LogP contribution < -0.4 is 9.47 Å². The Balaban J connectivity index is 2.03. The molecule has 1 heterocycles. The number of para-hydroxylation sites is 2. The zero-order valence-electron chi connectivity index (χ0n) is 16.1. The molecule has 0 unspecified atom stereocenters. The van der Waals surface area contributed by atoms with Gasteiger partial charge in [-0.25, -0.2) is 4.98 Å². The molecule has 0 fully saturated rings. The Kier molecular flexibility index (Phi) is 5.46. The van der Waals surface area contributed by atoms with Crippen LogP contribution >= 0.6 is 0 Å². The molecule has 0 atom stereocenters. The number of ether oxygens (including phenoxy) is 2. The fourth-order valence-electron chi connectivity index (χ4n) is 2.93. The molecule has 138 valence electrons. The van der Waals surface area contributed by atoms with Crippen LogP contribution in [0.1, 0.15) is 32.2 Å². The first-order valence-corrected chi connectivity index (χ1v) is 9.00. The summed E-state index contributed by atoms with van der Waals surface area (Å²) in [4.78, 5) is 4.61. The number of aromatic nitrogens is 2. The van der Waals surface area contributed by atoms with Crippen LogP contribution in [0.3, 0.4) is 0 Å². The van der Waals surface area contributed by atoms with E-state index in [1.165, 1.54) is 0 Å². The monoisotopic (exact) mass is 361 g/mol. The second-order valence-electron chi connectivity index (χ2n) is 6.46. The zero-order valence-corrected chi connectivity index (χ0v) is 16.1. The second kappa shape index (κ2) is 7.96. The number of hydrogen-bond acceptors (Lipinski definition) is 4. The van der Waals surface area contributed by atoms with Crippen LogP contribution in [-0.4, -0.2) is 22.3 Å². The third kappa shape index (κ3) is 3.95. The summed E-state index contributed by atoms with van der Waals surface area (Å²) in [6.45, 7) is 6.42. The molecular weight excluding hydrogens is 338 g/mol. The number of allylic oxidation sites excluding steroid dienone is 1. The molecule has 0 saturated heterocycles. The normalized spacial score (nSPS) is 11.6. The van der Waals surface area contributed by atoms with E-state index < -0.39 is 0 Å². The molecule has 27 heavy (non-hydrogen) atoms. The highest BCUT2D eigenvalue weighted by atomic mass is 16.5. The van der Waals surface area contributed by atoms with Gasteiger partial charge in [0.1, 0.15) is 6.07 Å². The molecule has 3 rings (SSSR count). The van der Waals surface area contributed by atoms with Crippen molar-refractivity contribution in [3.63, 3.8) is 0 Å². The smallest absolute Gasteiger partial charge is 0.161 e. The summed E-state index contributed by atoms with van der Waals surface area (Å²) in [5, 5.41) is 9.71. The first-order chi connectivity index (χ1) is 13.0. The third-order valence-electron chi connectivity index (χ3n) is 4.09. The Labute approximate surface area is 159 Å². The first-order valence-electron chi connectivity index (χ1n) is 9.00. The Bertz CT molecular complexity index is 1030. The largest absolute Gasteiger partial charge is 0.490 e. The van der Waals surface area contributed by atoms with Crippen molar-refractivity contribution in [2.75, 3.05) is 6.61 Å². The maximum absolute atomic E-state index is 9.71. The van der Waals surface area contributed by atoms with Crippen molar-refractivity contribution in [1.29, 1.82) is 5.26 Å². The van der Waals surface area contributed by atoms with Gasteiger partial charge < -0.3 is 14.0 Å². The van der Waals surface area contributed by atoms with E-state index in [1.54, 1.807) is 0 Å². The predicted molar refractivity (Wildman–Crippen MR) is 108 cm³/mol. The standard InChI is InChI=1S/C22H23N3O2/c1-5-26-21-13-16(10-11-20(21)27-15(2)3)12-17(14-23)22-24-18-8-6-7-9-19(18)25(22)4/h6-13,15H,5H2,1-4H3/b17-12-. The number of nitrogens with zero attached hydrogens (tertiary/aromatic N) is 3. The first kappa shape index (κ1) is 18.5. The summed E-state index contributed by atoms with van der Waals surface area (Å²) in [6, 6.07) is 15.8. The van der Waals surface area contributed by atoms with Gasteiger partial charge in [0.05, 0.1) is 29.3 Å². The van der Waals surface area contributed by atoms with Gasteiger partial charge in [-0.3, -0.25) is 0 Å². The molecular formula is C22H23N3O2. The average molecular weight is 361 g/mol. The number of hydrogen-bond donors (Lipinski definition) is 0. The Hall–Kier alpha value is -3.26. The molecule has 0 amide bonds.